The maximum absolute atomic E-state index is 4.48. The summed E-state index contributed by atoms with van der Waals surface area (Å²) in [6.45, 7) is 8.59. The summed E-state index contributed by atoms with van der Waals surface area (Å²) >= 11 is 0. The Kier molecular flexibility index (Phi) is 3.82. The lowest BCUT2D eigenvalue weighted by Crippen LogP contribution is -2.05. The third-order valence-corrected chi connectivity index (χ3v) is 2.83. The van der Waals surface area contributed by atoms with E-state index in [0.29, 0.717) is 6.54 Å². The fourth-order valence-corrected chi connectivity index (χ4v) is 1.91. The van der Waals surface area contributed by atoms with Gasteiger partial charge in [0, 0.05) is 18.4 Å². The molecule has 0 aliphatic heterocycles. The Balaban J connectivity index is 2.38. The SMILES string of the molecule is C=CCNc1nc(C)cn1-c1cccc(CC)c1. The van der Waals surface area contributed by atoms with Gasteiger partial charge in [0.1, 0.15) is 0 Å². The lowest BCUT2D eigenvalue weighted by molar-refractivity contribution is 1.03. The summed E-state index contributed by atoms with van der Waals surface area (Å²) < 4.78 is 2.08. The van der Waals surface area contributed by atoms with Gasteiger partial charge in [-0.3, -0.25) is 4.57 Å². The van der Waals surface area contributed by atoms with Crippen LogP contribution in [0, 0.1) is 6.92 Å². The van der Waals surface area contributed by atoms with Gasteiger partial charge in [-0.15, -0.1) is 6.58 Å². The first-order valence-electron chi connectivity index (χ1n) is 6.24. The van der Waals surface area contributed by atoms with E-state index in [4.69, 9.17) is 0 Å². The molecule has 0 aliphatic carbocycles. The van der Waals surface area contributed by atoms with E-state index >= 15 is 0 Å². The highest BCUT2D eigenvalue weighted by Gasteiger charge is 2.06. The fourth-order valence-electron chi connectivity index (χ4n) is 1.91. The molecule has 0 spiro atoms. The molecule has 0 radical (unpaired) electrons. The van der Waals surface area contributed by atoms with Crippen LogP contribution in [0.1, 0.15) is 18.2 Å². The number of nitrogens with zero attached hydrogens (tertiary/aromatic N) is 2. The number of hydrogen-bond donors (Lipinski definition) is 1. The lowest BCUT2D eigenvalue weighted by atomic mass is 10.1. The molecular formula is C15H19N3. The zero-order valence-corrected chi connectivity index (χ0v) is 11.0. The van der Waals surface area contributed by atoms with E-state index in [1.165, 1.54) is 5.56 Å². The first-order chi connectivity index (χ1) is 8.74. The molecule has 0 bridgehead atoms. The van der Waals surface area contributed by atoms with E-state index in [1.807, 2.05) is 19.2 Å². The van der Waals surface area contributed by atoms with Gasteiger partial charge >= 0.3 is 0 Å². The van der Waals surface area contributed by atoms with Crippen LogP contribution in [0.15, 0.2) is 43.1 Å². The molecule has 1 N–H and O–H groups in total. The molecular weight excluding hydrogens is 222 g/mol. The van der Waals surface area contributed by atoms with Gasteiger partial charge in [0.15, 0.2) is 0 Å². The first kappa shape index (κ1) is 12.4. The number of imidazole rings is 1. The van der Waals surface area contributed by atoms with Crippen LogP contribution in [-0.4, -0.2) is 16.1 Å². The Bertz CT molecular complexity index is 540. The van der Waals surface area contributed by atoms with Crippen LogP contribution in [0.5, 0.6) is 0 Å². The minimum absolute atomic E-state index is 0.712. The summed E-state index contributed by atoms with van der Waals surface area (Å²) in [5, 5.41) is 3.25. The van der Waals surface area contributed by atoms with Crippen LogP contribution in [0.3, 0.4) is 0 Å². The van der Waals surface area contributed by atoms with E-state index in [1.54, 1.807) is 0 Å². The van der Waals surface area contributed by atoms with Crippen molar-refractivity contribution >= 4 is 5.95 Å². The average Bonchev–Trinajstić information content (AvgIpc) is 2.77. The number of hydrogen-bond acceptors (Lipinski definition) is 2. The van der Waals surface area contributed by atoms with Crippen molar-refractivity contribution in [1.29, 1.82) is 0 Å². The van der Waals surface area contributed by atoms with Crippen LogP contribution >= 0.6 is 0 Å². The predicted octanol–water partition coefficient (Wildman–Crippen LogP) is 3.34. The summed E-state index contributed by atoms with van der Waals surface area (Å²) in [6, 6.07) is 8.52. The summed E-state index contributed by atoms with van der Waals surface area (Å²) in [4.78, 5) is 4.48. The lowest BCUT2D eigenvalue weighted by Gasteiger charge is -2.09. The molecule has 0 saturated heterocycles. The molecule has 0 aliphatic rings. The van der Waals surface area contributed by atoms with Crippen molar-refractivity contribution in [2.24, 2.45) is 0 Å². The van der Waals surface area contributed by atoms with Crippen molar-refractivity contribution in [3.05, 3.63) is 54.4 Å². The number of nitrogens with one attached hydrogen (secondary N) is 1. The molecule has 0 saturated carbocycles. The minimum atomic E-state index is 0.712. The van der Waals surface area contributed by atoms with Gasteiger partial charge in [-0.2, -0.15) is 0 Å². The van der Waals surface area contributed by atoms with E-state index in [2.05, 4.69) is 52.6 Å². The van der Waals surface area contributed by atoms with Gasteiger partial charge in [-0.25, -0.2) is 4.98 Å². The second-order valence-corrected chi connectivity index (χ2v) is 4.27. The number of benzene rings is 1. The molecule has 2 aromatic rings. The summed E-state index contributed by atoms with van der Waals surface area (Å²) in [7, 11) is 0. The van der Waals surface area contributed by atoms with Crippen molar-refractivity contribution in [3.63, 3.8) is 0 Å². The van der Waals surface area contributed by atoms with Gasteiger partial charge in [0.25, 0.3) is 0 Å². The molecule has 2 rings (SSSR count). The van der Waals surface area contributed by atoms with Crippen LogP contribution in [0.2, 0.25) is 0 Å². The molecule has 3 nitrogen and oxygen atoms in total. The normalized spacial score (nSPS) is 10.3. The Labute approximate surface area is 108 Å². The monoisotopic (exact) mass is 241 g/mol. The standard InChI is InChI=1S/C15H19N3/c1-4-9-16-15-17-12(3)11-18(15)14-8-6-7-13(5-2)10-14/h4,6-8,10-11H,1,5,9H2,2-3H3,(H,16,17). The van der Waals surface area contributed by atoms with Crippen molar-refractivity contribution < 1.29 is 0 Å². The molecule has 0 unspecified atom stereocenters. The number of anilines is 1. The zero-order valence-electron chi connectivity index (χ0n) is 11.0. The van der Waals surface area contributed by atoms with Gasteiger partial charge in [-0.1, -0.05) is 25.1 Å². The van der Waals surface area contributed by atoms with E-state index < -0.39 is 0 Å². The third kappa shape index (κ3) is 2.62. The van der Waals surface area contributed by atoms with Gasteiger partial charge in [0.05, 0.1) is 5.69 Å². The second-order valence-electron chi connectivity index (χ2n) is 4.27. The van der Waals surface area contributed by atoms with Gasteiger partial charge in [-0.05, 0) is 31.0 Å². The molecule has 1 aromatic carbocycles. The molecule has 3 heteroatoms. The number of aromatic nitrogens is 2. The van der Waals surface area contributed by atoms with E-state index in [9.17, 15) is 0 Å². The van der Waals surface area contributed by atoms with Gasteiger partial charge in [0.2, 0.25) is 5.95 Å². The molecule has 0 fully saturated rings. The van der Waals surface area contributed by atoms with E-state index in [-0.39, 0.29) is 0 Å². The third-order valence-electron chi connectivity index (χ3n) is 2.83. The van der Waals surface area contributed by atoms with Crippen molar-refractivity contribution in [3.8, 4) is 5.69 Å². The quantitative estimate of drug-likeness (QED) is 0.814. The summed E-state index contributed by atoms with van der Waals surface area (Å²) in [5.74, 6) is 0.862. The highest BCUT2D eigenvalue weighted by atomic mass is 15.2. The minimum Gasteiger partial charge on any atom is -0.352 e. The molecule has 1 aromatic heterocycles. The number of rotatable bonds is 5. The largest absolute Gasteiger partial charge is 0.352 e. The maximum atomic E-state index is 4.48. The average molecular weight is 241 g/mol. The zero-order chi connectivity index (χ0) is 13.0. The summed E-state index contributed by atoms with van der Waals surface area (Å²) in [5.41, 5.74) is 3.47. The fraction of sp³-hybridized carbons (Fsp3) is 0.267. The smallest absolute Gasteiger partial charge is 0.207 e. The Morgan fingerprint density at radius 2 is 2.28 bits per heavy atom. The van der Waals surface area contributed by atoms with Crippen LogP contribution < -0.4 is 5.32 Å². The number of aryl methyl sites for hydroxylation is 2. The molecule has 0 amide bonds. The van der Waals surface area contributed by atoms with Crippen molar-refractivity contribution in [2.75, 3.05) is 11.9 Å². The van der Waals surface area contributed by atoms with Crippen LogP contribution in [0.25, 0.3) is 5.69 Å². The molecule has 94 valence electrons. The highest BCUT2D eigenvalue weighted by Crippen LogP contribution is 2.18. The van der Waals surface area contributed by atoms with Gasteiger partial charge < -0.3 is 5.32 Å². The Morgan fingerprint density at radius 1 is 1.44 bits per heavy atom. The summed E-state index contributed by atoms with van der Waals surface area (Å²) in [6.07, 6.45) is 4.91. The Morgan fingerprint density at radius 3 is 3.00 bits per heavy atom. The van der Waals surface area contributed by atoms with Crippen molar-refractivity contribution in [2.45, 2.75) is 20.3 Å². The Hall–Kier alpha value is -2.03. The topological polar surface area (TPSA) is 29.9 Å². The van der Waals surface area contributed by atoms with Crippen molar-refractivity contribution in [1.82, 2.24) is 9.55 Å². The predicted molar refractivity (Wildman–Crippen MR) is 76.4 cm³/mol. The first-order valence-corrected chi connectivity index (χ1v) is 6.24. The van der Waals surface area contributed by atoms with E-state index in [0.717, 1.165) is 23.8 Å². The second kappa shape index (κ2) is 5.54. The maximum Gasteiger partial charge on any atom is 0.207 e. The van der Waals surface area contributed by atoms with Crippen LogP contribution in [-0.2, 0) is 6.42 Å². The molecule has 1 heterocycles. The molecule has 0 atom stereocenters. The highest BCUT2D eigenvalue weighted by molar-refractivity contribution is 5.45. The van der Waals surface area contributed by atoms with Crippen LogP contribution in [0.4, 0.5) is 5.95 Å². The molecule has 18 heavy (non-hydrogen) atoms.